The number of aromatic nitrogens is 2. The van der Waals surface area contributed by atoms with Crippen molar-refractivity contribution >= 4 is 23.9 Å². The first-order chi connectivity index (χ1) is 19.0. The van der Waals surface area contributed by atoms with Crippen LogP contribution in [0.4, 0.5) is 4.79 Å². The van der Waals surface area contributed by atoms with Gasteiger partial charge in [0.05, 0.1) is 17.3 Å². The summed E-state index contributed by atoms with van der Waals surface area (Å²) in [6.07, 6.45) is 2.98. The number of hydroxylamine groups is 2. The van der Waals surface area contributed by atoms with E-state index in [0.717, 1.165) is 16.7 Å². The number of aliphatic carboxylic acids is 1. The van der Waals surface area contributed by atoms with Crippen LogP contribution in [-0.2, 0) is 27.3 Å². The SMILES string of the molecule is CC(C)(C)OC(=O)NCCCn1cc(-c2ccc(CCC(ON3C(=O)c4ccccc4C3=O)C(=O)O)cc2)cn1. The van der Waals surface area contributed by atoms with E-state index in [1.165, 1.54) is 12.1 Å². The van der Waals surface area contributed by atoms with E-state index >= 15 is 0 Å². The number of carbonyl (C=O) groups is 4. The smallest absolute Gasteiger partial charge is 0.407 e. The lowest BCUT2D eigenvalue weighted by Gasteiger charge is -2.19. The number of fused-ring (bicyclic) bond motifs is 1. The van der Waals surface area contributed by atoms with Crippen molar-refractivity contribution < 1.29 is 33.9 Å². The molecule has 0 saturated heterocycles. The number of aryl methyl sites for hydroxylation is 2. The molecule has 40 heavy (non-hydrogen) atoms. The number of carbonyl (C=O) groups excluding carboxylic acids is 3. The minimum Gasteiger partial charge on any atom is -0.479 e. The Labute approximate surface area is 231 Å². The molecule has 0 radical (unpaired) electrons. The number of carboxylic acid groups (broad SMARTS) is 1. The number of alkyl carbamates (subject to hydrolysis) is 1. The molecule has 1 aromatic heterocycles. The quantitative estimate of drug-likeness (QED) is 0.270. The third kappa shape index (κ3) is 7.11. The lowest BCUT2D eigenvalue weighted by molar-refractivity contribution is -0.175. The molecule has 1 aliphatic heterocycles. The predicted octanol–water partition coefficient (Wildman–Crippen LogP) is 4.08. The van der Waals surface area contributed by atoms with Crippen molar-refractivity contribution in [3.63, 3.8) is 0 Å². The second-order valence-corrected chi connectivity index (χ2v) is 10.4. The fourth-order valence-electron chi connectivity index (χ4n) is 4.15. The summed E-state index contributed by atoms with van der Waals surface area (Å²) in [6.45, 7) is 6.52. The number of imide groups is 1. The van der Waals surface area contributed by atoms with Crippen LogP contribution >= 0.6 is 0 Å². The number of hydrogen-bond acceptors (Lipinski definition) is 7. The van der Waals surface area contributed by atoms with Gasteiger partial charge < -0.3 is 15.2 Å². The van der Waals surface area contributed by atoms with Crippen LogP contribution in [0.15, 0.2) is 60.9 Å². The summed E-state index contributed by atoms with van der Waals surface area (Å²) < 4.78 is 7.02. The molecular formula is C29H32N4O7. The van der Waals surface area contributed by atoms with Crippen molar-refractivity contribution in [3.8, 4) is 11.1 Å². The highest BCUT2D eigenvalue weighted by Gasteiger charge is 2.39. The van der Waals surface area contributed by atoms with Gasteiger partial charge in [0.25, 0.3) is 11.8 Å². The molecule has 0 fully saturated rings. The van der Waals surface area contributed by atoms with Gasteiger partial charge in [0.2, 0.25) is 0 Å². The number of ether oxygens (including phenoxy) is 1. The zero-order chi connectivity index (χ0) is 28.9. The standard InChI is InChI=1S/C29H32N4O7/c1-29(2,3)39-28(38)30-15-6-16-32-18-21(17-31-32)20-12-9-19(10-13-20)11-14-24(27(36)37)40-33-25(34)22-7-4-5-8-23(22)26(33)35/h4-5,7-10,12-13,17-18,24H,6,11,14-16H2,1-3H3,(H,30,38)(H,36,37). The minimum atomic E-state index is -1.37. The van der Waals surface area contributed by atoms with Crippen molar-refractivity contribution in [2.24, 2.45) is 0 Å². The zero-order valence-corrected chi connectivity index (χ0v) is 22.6. The lowest BCUT2D eigenvalue weighted by Crippen LogP contribution is -2.38. The lowest BCUT2D eigenvalue weighted by atomic mass is 10.0. The second kappa shape index (κ2) is 12.1. The number of benzene rings is 2. The molecule has 1 atom stereocenters. The Morgan fingerprint density at radius 3 is 2.25 bits per heavy atom. The van der Waals surface area contributed by atoms with Crippen LogP contribution < -0.4 is 5.32 Å². The van der Waals surface area contributed by atoms with Gasteiger partial charge in [-0.1, -0.05) is 36.4 Å². The molecule has 0 bridgehead atoms. The molecule has 2 N–H and O–H groups in total. The molecule has 210 valence electrons. The first-order valence-electron chi connectivity index (χ1n) is 13.0. The molecule has 2 aromatic carbocycles. The van der Waals surface area contributed by atoms with E-state index < -0.39 is 35.6 Å². The summed E-state index contributed by atoms with van der Waals surface area (Å²) in [6, 6.07) is 13.9. The largest absolute Gasteiger partial charge is 0.479 e. The van der Waals surface area contributed by atoms with Gasteiger partial charge >= 0.3 is 12.1 Å². The molecule has 0 aliphatic carbocycles. The second-order valence-electron chi connectivity index (χ2n) is 10.4. The Morgan fingerprint density at radius 2 is 1.65 bits per heavy atom. The van der Waals surface area contributed by atoms with Gasteiger partial charge in [-0.25, -0.2) is 14.4 Å². The van der Waals surface area contributed by atoms with E-state index in [0.29, 0.717) is 31.0 Å². The maximum absolute atomic E-state index is 12.5. The monoisotopic (exact) mass is 548 g/mol. The number of nitrogens with zero attached hydrogens (tertiary/aromatic N) is 3. The van der Waals surface area contributed by atoms with Crippen LogP contribution in [0.25, 0.3) is 11.1 Å². The molecule has 0 saturated carbocycles. The van der Waals surface area contributed by atoms with Gasteiger partial charge in [-0.05, 0) is 63.3 Å². The van der Waals surface area contributed by atoms with Crippen molar-refractivity contribution in [1.82, 2.24) is 20.2 Å². The molecule has 11 heteroatoms. The average Bonchev–Trinajstić information content (AvgIpc) is 3.47. The number of amides is 3. The molecule has 0 spiro atoms. The minimum absolute atomic E-state index is 0.0668. The van der Waals surface area contributed by atoms with E-state index in [-0.39, 0.29) is 17.5 Å². The van der Waals surface area contributed by atoms with Gasteiger partial charge in [0, 0.05) is 24.8 Å². The van der Waals surface area contributed by atoms with Crippen molar-refractivity contribution in [2.45, 2.75) is 58.3 Å². The highest BCUT2D eigenvalue weighted by molar-refractivity contribution is 6.20. The van der Waals surface area contributed by atoms with Crippen LogP contribution in [0.3, 0.4) is 0 Å². The van der Waals surface area contributed by atoms with Gasteiger partial charge in [-0.3, -0.25) is 14.3 Å². The molecule has 1 aliphatic rings. The fraction of sp³-hybridized carbons (Fsp3) is 0.345. The predicted molar refractivity (Wildman–Crippen MR) is 144 cm³/mol. The van der Waals surface area contributed by atoms with E-state index in [4.69, 9.17) is 9.57 Å². The summed E-state index contributed by atoms with van der Waals surface area (Å²) in [7, 11) is 0. The van der Waals surface area contributed by atoms with Crippen LogP contribution in [0, 0.1) is 0 Å². The van der Waals surface area contributed by atoms with E-state index in [9.17, 15) is 24.3 Å². The molecule has 3 amide bonds. The van der Waals surface area contributed by atoms with Gasteiger partial charge in [-0.15, -0.1) is 5.06 Å². The fourth-order valence-corrected chi connectivity index (χ4v) is 4.15. The number of rotatable bonds is 11. The highest BCUT2D eigenvalue weighted by atomic mass is 16.7. The van der Waals surface area contributed by atoms with Crippen LogP contribution in [-0.4, -0.2) is 62.1 Å². The Hall–Kier alpha value is -4.51. The Morgan fingerprint density at radius 1 is 1.00 bits per heavy atom. The molecule has 2 heterocycles. The van der Waals surface area contributed by atoms with E-state index in [2.05, 4.69) is 10.4 Å². The first-order valence-corrected chi connectivity index (χ1v) is 13.0. The van der Waals surface area contributed by atoms with Crippen LogP contribution in [0.5, 0.6) is 0 Å². The Kier molecular flexibility index (Phi) is 8.64. The molecule has 1 unspecified atom stereocenters. The summed E-state index contributed by atoms with van der Waals surface area (Å²) in [5.41, 5.74) is 2.58. The summed E-state index contributed by atoms with van der Waals surface area (Å²) >= 11 is 0. The summed E-state index contributed by atoms with van der Waals surface area (Å²) in [4.78, 5) is 53.9. The van der Waals surface area contributed by atoms with Crippen molar-refractivity contribution in [2.75, 3.05) is 6.54 Å². The summed E-state index contributed by atoms with van der Waals surface area (Å²) in [5, 5.41) is 17.3. The normalized spacial score (nSPS) is 13.7. The average molecular weight is 549 g/mol. The summed E-state index contributed by atoms with van der Waals surface area (Å²) in [5.74, 6) is -2.60. The number of nitrogens with one attached hydrogen (secondary N) is 1. The number of carboxylic acids is 1. The number of hydrogen-bond donors (Lipinski definition) is 2. The molecule has 3 aromatic rings. The topological polar surface area (TPSA) is 140 Å². The zero-order valence-electron chi connectivity index (χ0n) is 22.6. The van der Waals surface area contributed by atoms with Gasteiger partial charge in [-0.2, -0.15) is 5.10 Å². The van der Waals surface area contributed by atoms with Crippen molar-refractivity contribution in [1.29, 1.82) is 0 Å². The van der Waals surface area contributed by atoms with E-state index in [1.807, 2.05) is 51.2 Å². The Balaban J connectivity index is 1.27. The third-order valence-corrected chi connectivity index (χ3v) is 6.11. The third-order valence-electron chi connectivity index (χ3n) is 6.11. The Bertz CT molecular complexity index is 1360. The molecule has 11 nitrogen and oxygen atoms in total. The molecular weight excluding hydrogens is 516 g/mol. The first kappa shape index (κ1) is 28.5. The van der Waals surface area contributed by atoms with Gasteiger partial charge in [0.15, 0.2) is 6.10 Å². The highest BCUT2D eigenvalue weighted by Crippen LogP contribution is 2.25. The molecule has 4 rings (SSSR count). The van der Waals surface area contributed by atoms with E-state index in [1.54, 1.807) is 23.0 Å². The maximum Gasteiger partial charge on any atom is 0.407 e. The van der Waals surface area contributed by atoms with Gasteiger partial charge in [0.1, 0.15) is 5.60 Å². The van der Waals surface area contributed by atoms with Crippen LogP contribution in [0.1, 0.15) is 59.9 Å². The van der Waals surface area contributed by atoms with Crippen LogP contribution in [0.2, 0.25) is 0 Å². The maximum atomic E-state index is 12.5. The van der Waals surface area contributed by atoms with Crippen molar-refractivity contribution in [3.05, 3.63) is 77.6 Å².